The molecule has 1 amide bonds. The van der Waals surface area contributed by atoms with Crippen LogP contribution >= 0.6 is 0 Å². The van der Waals surface area contributed by atoms with Crippen LogP contribution in [0, 0.1) is 0 Å². The van der Waals surface area contributed by atoms with Gasteiger partial charge in [0.1, 0.15) is 11.3 Å². The molecule has 0 atom stereocenters. The molecular weight excluding hydrogens is 313 g/mol. The van der Waals surface area contributed by atoms with Crippen molar-refractivity contribution in [3.05, 3.63) is 48.0 Å². The first-order valence-corrected chi connectivity index (χ1v) is 6.33. The summed E-state index contributed by atoms with van der Waals surface area (Å²) in [6.45, 7) is 0. The van der Waals surface area contributed by atoms with Gasteiger partial charge in [-0.05, 0) is 24.3 Å². The number of halogens is 3. The van der Waals surface area contributed by atoms with Gasteiger partial charge in [-0.3, -0.25) is 4.79 Å². The average Bonchev–Trinajstić information content (AvgIpc) is 2.90. The van der Waals surface area contributed by atoms with Gasteiger partial charge in [-0.2, -0.15) is 13.2 Å². The molecule has 3 aromatic rings. The van der Waals surface area contributed by atoms with E-state index in [0.717, 1.165) is 0 Å². The predicted octanol–water partition coefficient (Wildman–Crippen LogP) is 3.08. The molecule has 0 aliphatic carbocycles. The number of nitrogen functional groups attached to an aromatic ring is 1. The molecule has 1 aromatic carbocycles. The van der Waals surface area contributed by atoms with Gasteiger partial charge in [-0.25, -0.2) is 9.97 Å². The Bertz CT molecular complexity index is 889. The van der Waals surface area contributed by atoms with Crippen molar-refractivity contribution in [1.82, 2.24) is 9.97 Å². The molecule has 0 saturated heterocycles. The van der Waals surface area contributed by atoms with Crippen molar-refractivity contribution in [2.45, 2.75) is 6.18 Å². The summed E-state index contributed by atoms with van der Waals surface area (Å²) >= 11 is 0. The third-order valence-electron chi connectivity index (χ3n) is 2.93. The second kappa shape index (κ2) is 5.27. The number of hydrogen-bond donors (Lipinski definition) is 2. The molecule has 0 unspecified atom stereocenters. The number of oxazole rings is 1. The van der Waals surface area contributed by atoms with Gasteiger partial charge >= 0.3 is 12.1 Å². The smallest absolute Gasteiger partial charge is 0.433 e. The lowest BCUT2D eigenvalue weighted by Crippen LogP contribution is -2.12. The first-order chi connectivity index (χ1) is 10.8. The van der Waals surface area contributed by atoms with Crippen LogP contribution in [0.4, 0.5) is 24.7 Å². The summed E-state index contributed by atoms with van der Waals surface area (Å²) in [6.07, 6.45) is -3.30. The number of carbonyl (C=O) groups is 1. The number of carbonyl (C=O) groups excluding carboxylic acids is 1. The maximum Gasteiger partial charge on any atom is 0.468 e. The fraction of sp³-hybridized carbons (Fsp3) is 0.0714. The van der Waals surface area contributed by atoms with Crippen molar-refractivity contribution in [3.63, 3.8) is 0 Å². The Kier molecular flexibility index (Phi) is 3.40. The van der Waals surface area contributed by atoms with Crippen LogP contribution in [-0.2, 0) is 6.18 Å². The quantitative estimate of drug-likeness (QED) is 0.756. The lowest BCUT2D eigenvalue weighted by atomic mass is 10.2. The number of benzene rings is 1. The van der Waals surface area contributed by atoms with Crippen molar-refractivity contribution in [3.8, 4) is 0 Å². The lowest BCUT2D eigenvalue weighted by molar-refractivity contribution is -0.156. The third kappa shape index (κ3) is 3.07. The molecule has 3 N–H and O–H groups in total. The summed E-state index contributed by atoms with van der Waals surface area (Å²) in [5.41, 5.74) is 5.99. The Morgan fingerprint density at radius 2 is 2.00 bits per heavy atom. The highest BCUT2D eigenvalue weighted by Crippen LogP contribution is 2.31. The van der Waals surface area contributed by atoms with Crippen LogP contribution in [0.3, 0.4) is 0 Å². The maximum absolute atomic E-state index is 12.6. The molecule has 0 radical (unpaired) electrons. The first-order valence-electron chi connectivity index (χ1n) is 6.33. The van der Waals surface area contributed by atoms with Crippen LogP contribution in [0.5, 0.6) is 0 Å². The van der Waals surface area contributed by atoms with Gasteiger partial charge in [0, 0.05) is 23.5 Å². The lowest BCUT2D eigenvalue weighted by Gasteiger charge is -2.05. The number of hydrogen-bond acceptors (Lipinski definition) is 5. The predicted molar refractivity (Wildman–Crippen MR) is 75.6 cm³/mol. The molecule has 0 saturated carbocycles. The van der Waals surface area contributed by atoms with Gasteiger partial charge < -0.3 is 15.5 Å². The monoisotopic (exact) mass is 322 g/mol. The molecule has 0 spiro atoms. The van der Waals surface area contributed by atoms with Gasteiger partial charge in [0.15, 0.2) is 5.58 Å². The second-order valence-corrected chi connectivity index (χ2v) is 4.62. The summed E-state index contributed by atoms with van der Waals surface area (Å²) in [7, 11) is 0. The summed E-state index contributed by atoms with van der Waals surface area (Å²) in [6, 6.07) is 6.85. The van der Waals surface area contributed by atoms with E-state index >= 15 is 0 Å². The molecule has 0 bridgehead atoms. The van der Waals surface area contributed by atoms with E-state index in [2.05, 4.69) is 19.7 Å². The molecular formula is C14H9F3N4O2. The van der Waals surface area contributed by atoms with Gasteiger partial charge in [0.2, 0.25) is 0 Å². The maximum atomic E-state index is 12.6. The topological polar surface area (TPSA) is 94.0 Å². The number of anilines is 2. The van der Waals surface area contributed by atoms with Gasteiger partial charge in [-0.15, -0.1) is 0 Å². The number of amides is 1. The molecule has 0 aliphatic rings. The van der Waals surface area contributed by atoms with E-state index in [9.17, 15) is 18.0 Å². The van der Waals surface area contributed by atoms with Crippen molar-refractivity contribution in [2.75, 3.05) is 11.1 Å². The minimum absolute atomic E-state index is 0.0449. The fourth-order valence-electron chi connectivity index (χ4n) is 1.92. The number of nitrogens with one attached hydrogen (secondary N) is 1. The number of nitrogens with two attached hydrogens (primary N) is 1. The van der Waals surface area contributed by atoms with Crippen LogP contribution < -0.4 is 11.1 Å². The SMILES string of the molecule is Nc1cc(C(=O)Nc2ccc3nc(C(F)(F)F)oc3c2)ccn1. The first kappa shape index (κ1) is 14.8. The van der Waals surface area contributed by atoms with Crippen LogP contribution in [0.1, 0.15) is 16.2 Å². The van der Waals surface area contributed by atoms with Crippen LogP contribution in [0.25, 0.3) is 11.1 Å². The molecule has 2 heterocycles. The molecule has 118 valence electrons. The van der Waals surface area contributed by atoms with Crippen LogP contribution in [-0.4, -0.2) is 15.9 Å². The molecule has 6 nitrogen and oxygen atoms in total. The number of pyridine rings is 1. The molecule has 9 heteroatoms. The number of nitrogens with zero attached hydrogens (tertiary/aromatic N) is 2. The number of fused-ring (bicyclic) bond motifs is 1. The van der Waals surface area contributed by atoms with Crippen LogP contribution in [0.2, 0.25) is 0 Å². The zero-order chi connectivity index (χ0) is 16.6. The summed E-state index contributed by atoms with van der Waals surface area (Å²) < 4.78 is 42.3. The third-order valence-corrected chi connectivity index (χ3v) is 2.93. The highest BCUT2D eigenvalue weighted by molar-refractivity contribution is 6.05. The Morgan fingerprint density at radius 3 is 2.70 bits per heavy atom. The summed E-state index contributed by atoms with van der Waals surface area (Å²) in [5.74, 6) is -1.63. The Hall–Kier alpha value is -3.10. The summed E-state index contributed by atoms with van der Waals surface area (Å²) in [4.78, 5) is 19.2. The Morgan fingerprint density at radius 1 is 1.22 bits per heavy atom. The van der Waals surface area contributed by atoms with Crippen molar-refractivity contribution in [2.24, 2.45) is 0 Å². The van der Waals surface area contributed by atoms with E-state index in [4.69, 9.17) is 5.73 Å². The molecule has 0 fully saturated rings. The molecule has 2 aromatic heterocycles. The van der Waals surface area contributed by atoms with Gasteiger partial charge in [0.25, 0.3) is 5.91 Å². The second-order valence-electron chi connectivity index (χ2n) is 4.62. The van der Waals surface area contributed by atoms with E-state index in [1.807, 2.05) is 0 Å². The van der Waals surface area contributed by atoms with Crippen molar-refractivity contribution >= 4 is 28.5 Å². The van der Waals surface area contributed by atoms with Gasteiger partial charge in [-0.1, -0.05) is 0 Å². The van der Waals surface area contributed by atoms with Crippen LogP contribution in [0.15, 0.2) is 40.9 Å². The van der Waals surface area contributed by atoms with Crippen molar-refractivity contribution < 1.29 is 22.4 Å². The average molecular weight is 322 g/mol. The minimum Gasteiger partial charge on any atom is -0.433 e. The zero-order valence-electron chi connectivity index (χ0n) is 11.4. The van der Waals surface area contributed by atoms with Gasteiger partial charge in [0.05, 0.1) is 0 Å². The molecule has 0 aliphatic heterocycles. The number of rotatable bonds is 2. The Labute approximate surface area is 127 Å². The largest absolute Gasteiger partial charge is 0.468 e. The minimum atomic E-state index is -4.67. The van der Waals surface area contributed by atoms with E-state index in [-0.39, 0.29) is 28.2 Å². The number of alkyl halides is 3. The van der Waals surface area contributed by atoms with E-state index in [0.29, 0.717) is 0 Å². The highest BCUT2D eigenvalue weighted by Gasteiger charge is 2.37. The van der Waals surface area contributed by atoms with E-state index in [1.54, 1.807) is 0 Å². The summed E-state index contributed by atoms with van der Waals surface area (Å²) in [5, 5.41) is 2.53. The fourth-order valence-corrected chi connectivity index (χ4v) is 1.92. The number of aromatic nitrogens is 2. The normalized spacial score (nSPS) is 11.6. The Balaban J connectivity index is 1.87. The molecule has 23 heavy (non-hydrogen) atoms. The van der Waals surface area contributed by atoms with E-state index in [1.165, 1.54) is 36.5 Å². The standard InChI is InChI=1S/C14H9F3N4O2/c15-14(16,17)13-21-9-2-1-8(6-10(9)23-13)20-12(22)7-3-4-19-11(18)5-7/h1-6H,(H2,18,19)(H,20,22). The molecule has 3 rings (SSSR count). The highest BCUT2D eigenvalue weighted by atomic mass is 19.4. The van der Waals surface area contributed by atoms with Crippen molar-refractivity contribution in [1.29, 1.82) is 0 Å². The zero-order valence-corrected chi connectivity index (χ0v) is 11.4. The van der Waals surface area contributed by atoms with E-state index < -0.39 is 18.0 Å².